The molecule has 0 atom stereocenters. The second kappa shape index (κ2) is 8.06. The molecule has 0 aliphatic carbocycles. The van der Waals surface area contributed by atoms with Crippen molar-refractivity contribution in [3.8, 4) is 17.2 Å². The molecule has 0 spiro atoms. The standard InChI is InChI=1S/C17H23NO3S/c1-5-13-6-7-14(22-13)11-18-10-12-8-15(19-2)17(21-4)16(9-12)20-3/h6-9,18H,5,10-11H2,1-4H3. The number of benzene rings is 1. The lowest BCUT2D eigenvalue weighted by Gasteiger charge is -2.14. The molecular weight excluding hydrogens is 298 g/mol. The Hall–Kier alpha value is -1.72. The van der Waals surface area contributed by atoms with Crippen molar-refractivity contribution in [1.82, 2.24) is 5.32 Å². The van der Waals surface area contributed by atoms with Crippen molar-refractivity contribution in [3.05, 3.63) is 39.6 Å². The Balaban J connectivity index is 2.03. The first-order valence-corrected chi connectivity index (χ1v) is 8.10. The Bertz CT molecular complexity index is 585. The first kappa shape index (κ1) is 16.6. The van der Waals surface area contributed by atoms with E-state index in [1.165, 1.54) is 9.75 Å². The minimum atomic E-state index is 0.625. The normalized spacial score (nSPS) is 10.5. The van der Waals surface area contributed by atoms with Gasteiger partial charge in [0, 0.05) is 22.8 Å². The predicted molar refractivity (Wildman–Crippen MR) is 90.3 cm³/mol. The summed E-state index contributed by atoms with van der Waals surface area (Å²) in [5, 5.41) is 3.45. The van der Waals surface area contributed by atoms with Crippen LogP contribution < -0.4 is 19.5 Å². The van der Waals surface area contributed by atoms with E-state index in [0.29, 0.717) is 17.2 Å². The van der Waals surface area contributed by atoms with Gasteiger partial charge in [-0.3, -0.25) is 0 Å². The molecule has 0 aliphatic heterocycles. The second-order valence-corrected chi connectivity index (χ2v) is 6.11. The van der Waals surface area contributed by atoms with Gasteiger partial charge in [0.25, 0.3) is 0 Å². The highest BCUT2D eigenvalue weighted by Crippen LogP contribution is 2.38. The molecular formula is C17H23NO3S. The van der Waals surface area contributed by atoms with E-state index in [1.54, 1.807) is 21.3 Å². The van der Waals surface area contributed by atoms with E-state index >= 15 is 0 Å². The summed E-state index contributed by atoms with van der Waals surface area (Å²) in [6, 6.07) is 8.33. The van der Waals surface area contributed by atoms with Crippen molar-refractivity contribution >= 4 is 11.3 Å². The predicted octanol–water partition coefficient (Wildman–Crippen LogP) is 3.63. The van der Waals surface area contributed by atoms with Gasteiger partial charge >= 0.3 is 0 Å². The van der Waals surface area contributed by atoms with Crippen LogP contribution in [0.15, 0.2) is 24.3 Å². The Morgan fingerprint density at radius 2 is 1.55 bits per heavy atom. The van der Waals surface area contributed by atoms with Crippen molar-refractivity contribution in [1.29, 1.82) is 0 Å². The Morgan fingerprint density at radius 1 is 0.909 bits per heavy atom. The van der Waals surface area contributed by atoms with Crippen LogP contribution in [0.4, 0.5) is 0 Å². The second-order valence-electron chi connectivity index (χ2n) is 4.86. The molecule has 0 fully saturated rings. The molecule has 5 heteroatoms. The third kappa shape index (κ3) is 3.93. The minimum absolute atomic E-state index is 0.625. The molecule has 0 radical (unpaired) electrons. The molecule has 0 saturated heterocycles. The third-order valence-corrected chi connectivity index (χ3v) is 4.65. The number of ether oxygens (including phenoxy) is 3. The van der Waals surface area contributed by atoms with Crippen LogP contribution >= 0.6 is 11.3 Å². The topological polar surface area (TPSA) is 39.7 Å². The Labute approximate surface area is 136 Å². The van der Waals surface area contributed by atoms with Crippen LogP contribution in [0, 0.1) is 0 Å². The van der Waals surface area contributed by atoms with Crippen LogP contribution in [-0.2, 0) is 19.5 Å². The highest BCUT2D eigenvalue weighted by Gasteiger charge is 2.12. The van der Waals surface area contributed by atoms with Crippen LogP contribution in [-0.4, -0.2) is 21.3 Å². The zero-order chi connectivity index (χ0) is 15.9. The zero-order valence-corrected chi connectivity index (χ0v) is 14.4. The van der Waals surface area contributed by atoms with Gasteiger partial charge in [0.2, 0.25) is 5.75 Å². The first-order chi connectivity index (χ1) is 10.7. The summed E-state index contributed by atoms with van der Waals surface area (Å²) >= 11 is 1.86. The molecule has 22 heavy (non-hydrogen) atoms. The van der Waals surface area contributed by atoms with Gasteiger partial charge in [-0.15, -0.1) is 11.3 Å². The van der Waals surface area contributed by atoms with Crippen LogP contribution in [0.25, 0.3) is 0 Å². The highest BCUT2D eigenvalue weighted by molar-refractivity contribution is 7.11. The number of nitrogens with one attached hydrogen (secondary N) is 1. The smallest absolute Gasteiger partial charge is 0.203 e. The molecule has 1 aromatic carbocycles. The molecule has 0 saturated carbocycles. The average Bonchev–Trinajstić information content (AvgIpc) is 3.01. The number of methoxy groups -OCH3 is 3. The number of aryl methyl sites for hydroxylation is 1. The van der Waals surface area contributed by atoms with E-state index in [0.717, 1.165) is 25.1 Å². The molecule has 0 amide bonds. The molecule has 1 aromatic heterocycles. The Morgan fingerprint density at radius 3 is 2.05 bits per heavy atom. The first-order valence-electron chi connectivity index (χ1n) is 7.29. The van der Waals surface area contributed by atoms with Gasteiger partial charge in [-0.25, -0.2) is 0 Å². The largest absolute Gasteiger partial charge is 0.493 e. The summed E-state index contributed by atoms with van der Waals surface area (Å²) in [6.07, 6.45) is 1.09. The van der Waals surface area contributed by atoms with Gasteiger partial charge in [-0.2, -0.15) is 0 Å². The number of hydrogen-bond acceptors (Lipinski definition) is 5. The molecule has 0 bridgehead atoms. The number of thiophene rings is 1. The maximum atomic E-state index is 5.37. The van der Waals surface area contributed by atoms with Gasteiger partial charge in [0.15, 0.2) is 11.5 Å². The van der Waals surface area contributed by atoms with Crippen LogP contribution in [0.5, 0.6) is 17.2 Å². The molecule has 4 nitrogen and oxygen atoms in total. The zero-order valence-electron chi connectivity index (χ0n) is 13.6. The highest BCUT2D eigenvalue weighted by atomic mass is 32.1. The quantitative estimate of drug-likeness (QED) is 0.806. The SMILES string of the molecule is CCc1ccc(CNCc2cc(OC)c(OC)c(OC)c2)s1. The van der Waals surface area contributed by atoms with E-state index < -0.39 is 0 Å². The maximum absolute atomic E-state index is 5.37. The minimum Gasteiger partial charge on any atom is -0.493 e. The van der Waals surface area contributed by atoms with Crippen molar-refractivity contribution in [3.63, 3.8) is 0 Å². The molecule has 0 unspecified atom stereocenters. The molecule has 120 valence electrons. The van der Waals surface area contributed by atoms with Crippen molar-refractivity contribution in [2.75, 3.05) is 21.3 Å². The lowest BCUT2D eigenvalue weighted by molar-refractivity contribution is 0.323. The number of rotatable bonds is 8. The van der Waals surface area contributed by atoms with Gasteiger partial charge in [0.05, 0.1) is 21.3 Å². The molecule has 2 rings (SSSR count). The monoisotopic (exact) mass is 321 g/mol. The molecule has 1 heterocycles. The Kier molecular flexibility index (Phi) is 6.10. The fourth-order valence-corrected chi connectivity index (χ4v) is 3.20. The molecule has 1 N–H and O–H groups in total. The maximum Gasteiger partial charge on any atom is 0.203 e. The van der Waals surface area contributed by atoms with Gasteiger partial charge in [-0.05, 0) is 36.2 Å². The summed E-state index contributed by atoms with van der Waals surface area (Å²) in [5.74, 6) is 1.99. The summed E-state index contributed by atoms with van der Waals surface area (Å²) < 4.78 is 16.1. The molecule has 0 aliphatic rings. The van der Waals surface area contributed by atoms with Crippen molar-refractivity contribution < 1.29 is 14.2 Å². The van der Waals surface area contributed by atoms with Crippen molar-refractivity contribution in [2.45, 2.75) is 26.4 Å². The van der Waals surface area contributed by atoms with Crippen molar-refractivity contribution in [2.24, 2.45) is 0 Å². The van der Waals surface area contributed by atoms with Gasteiger partial charge in [0.1, 0.15) is 0 Å². The summed E-state index contributed by atoms with van der Waals surface area (Å²) in [5.41, 5.74) is 1.10. The van der Waals surface area contributed by atoms with E-state index in [1.807, 2.05) is 23.5 Å². The van der Waals surface area contributed by atoms with Crippen LogP contribution in [0.2, 0.25) is 0 Å². The van der Waals surface area contributed by atoms with E-state index in [4.69, 9.17) is 14.2 Å². The number of hydrogen-bond donors (Lipinski definition) is 1. The van der Waals surface area contributed by atoms with Crippen LogP contribution in [0.1, 0.15) is 22.2 Å². The van der Waals surface area contributed by atoms with E-state index in [2.05, 4.69) is 24.4 Å². The lowest BCUT2D eigenvalue weighted by Crippen LogP contribution is -2.12. The van der Waals surface area contributed by atoms with Gasteiger partial charge in [-0.1, -0.05) is 6.92 Å². The summed E-state index contributed by atoms with van der Waals surface area (Å²) in [6.45, 7) is 3.79. The third-order valence-electron chi connectivity index (χ3n) is 3.42. The fraction of sp³-hybridized carbons (Fsp3) is 0.412. The van der Waals surface area contributed by atoms with E-state index in [9.17, 15) is 0 Å². The fourth-order valence-electron chi connectivity index (χ4n) is 2.27. The summed E-state index contributed by atoms with van der Waals surface area (Å²) in [7, 11) is 4.87. The van der Waals surface area contributed by atoms with Crippen LogP contribution in [0.3, 0.4) is 0 Å². The molecule has 2 aromatic rings. The van der Waals surface area contributed by atoms with E-state index in [-0.39, 0.29) is 0 Å². The average molecular weight is 321 g/mol. The van der Waals surface area contributed by atoms with Gasteiger partial charge < -0.3 is 19.5 Å². The lowest BCUT2D eigenvalue weighted by atomic mass is 10.1. The summed E-state index contributed by atoms with van der Waals surface area (Å²) in [4.78, 5) is 2.77.